The highest BCUT2D eigenvalue weighted by atomic mass is 28.4. The van der Waals surface area contributed by atoms with Gasteiger partial charge in [0.05, 0.1) is 6.10 Å². The van der Waals surface area contributed by atoms with Crippen LogP contribution in [0.25, 0.3) is 5.57 Å². The summed E-state index contributed by atoms with van der Waals surface area (Å²) < 4.78 is 13.5. The third kappa shape index (κ3) is 4.97. The summed E-state index contributed by atoms with van der Waals surface area (Å²) in [4.78, 5) is 0. The predicted octanol–water partition coefficient (Wildman–Crippen LogP) is 9.05. The van der Waals surface area contributed by atoms with E-state index < -0.39 is 16.6 Å². The van der Waals surface area contributed by atoms with Crippen molar-refractivity contribution >= 4 is 22.2 Å². The number of hydrogen-bond donors (Lipinski definition) is 0. The van der Waals surface area contributed by atoms with E-state index in [-0.39, 0.29) is 15.5 Å². The van der Waals surface area contributed by atoms with E-state index in [0.717, 1.165) is 18.1 Å². The van der Waals surface area contributed by atoms with Gasteiger partial charge in [0.25, 0.3) is 0 Å². The summed E-state index contributed by atoms with van der Waals surface area (Å²) in [7, 11) is -3.54. The molecule has 3 rings (SSSR count). The molecule has 0 aliphatic heterocycles. The summed E-state index contributed by atoms with van der Waals surface area (Å²) in [5.41, 5.74) is 3.16. The van der Waals surface area contributed by atoms with Crippen molar-refractivity contribution < 1.29 is 8.85 Å². The van der Waals surface area contributed by atoms with Gasteiger partial charge in [-0.3, -0.25) is 0 Å². The van der Waals surface area contributed by atoms with Gasteiger partial charge in [0.15, 0.2) is 8.32 Å². The van der Waals surface area contributed by atoms with Crippen molar-refractivity contribution in [2.75, 3.05) is 0 Å². The lowest BCUT2D eigenvalue weighted by Gasteiger charge is -2.45. The van der Waals surface area contributed by atoms with E-state index in [4.69, 9.17) is 8.85 Å². The fourth-order valence-electron chi connectivity index (χ4n) is 4.75. The Morgan fingerprint density at radius 2 is 1.41 bits per heavy atom. The molecule has 4 heteroatoms. The maximum absolute atomic E-state index is 6.96. The molecule has 0 N–H and O–H groups in total. The number of rotatable bonds is 5. The zero-order chi connectivity index (χ0) is 24.2. The zero-order valence-corrected chi connectivity index (χ0v) is 24.7. The Morgan fingerprint density at radius 3 is 1.94 bits per heavy atom. The number of hydrogen-bond acceptors (Lipinski definition) is 2. The molecule has 2 aliphatic rings. The highest BCUT2D eigenvalue weighted by Gasteiger charge is 2.51. The molecule has 1 saturated carbocycles. The van der Waals surface area contributed by atoms with Gasteiger partial charge in [-0.05, 0) is 96.6 Å². The topological polar surface area (TPSA) is 18.5 Å². The minimum absolute atomic E-state index is 0.216. The summed E-state index contributed by atoms with van der Waals surface area (Å²) in [6, 6.07) is 8.91. The van der Waals surface area contributed by atoms with Gasteiger partial charge < -0.3 is 8.85 Å². The molecular weight excluding hydrogens is 424 g/mol. The first kappa shape index (κ1) is 25.8. The van der Waals surface area contributed by atoms with Gasteiger partial charge in [-0.1, -0.05) is 66.7 Å². The summed E-state index contributed by atoms with van der Waals surface area (Å²) in [5.74, 6) is 1.74. The van der Waals surface area contributed by atoms with Crippen LogP contribution in [0.2, 0.25) is 36.3 Å². The first-order valence-corrected chi connectivity index (χ1v) is 18.4. The minimum atomic E-state index is -1.80. The van der Waals surface area contributed by atoms with Gasteiger partial charge in [0, 0.05) is 0 Å². The third-order valence-electron chi connectivity index (χ3n) is 9.35. The molecule has 0 aromatic heterocycles. The Bertz CT molecular complexity index is 840. The maximum Gasteiger partial charge on any atom is 0.250 e. The molecule has 0 spiro atoms. The van der Waals surface area contributed by atoms with Crippen molar-refractivity contribution in [1.29, 1.82) is 0 Å². The second-order valence-corrected chi connectivity index (χ2v) is 23.2. The fourth-order valence-corrected chi connectivity index (χ4v) is 7.23. The van der Waals surface area contributed by atoms with E-state index >= 15 is 0 Å². The predicted molar refractivity (Wildman–Crippen MR) is 144 cm³/mol. The van der Waals surface area contributed by atoms with Crippen molar-refractivity contribution in [3.8, 4) is 5.75 Å². The Hall–Kier alpha value is -0.846. The van der Waals surface area contributed by atoms with E-state index in [1.54, 1.807) is 0 Å². The fraction of sp³-hybridized carbons (Fsp3) is 0.714. The number of fused-ring (bicyclic) bond motifs is 1. The van der Waals surface area contributed by atoms with Crippen LogP contribution in [0.4, 0.5) is 0 Å². The second-order valence-electron chi connectivity index (χ2n) is 13.7. The summed E-state index contributed by atoms with van der Waals surface area (Å²) in [5, 5.41) is 0.485. The van der Waals surface area contributed by atoms with E-state index in [1.807, 2.05) is 0 Å². The maximum atomic E-state index is 6.96. The van der Waals surface area contributed by atoms with E-state index in [0.29, 0.717) is 6.10 Å². The van der Waals surface area contributed by atoms with E-state index in [2.05, 4.69) is 105 Å². The van der Waals surface area contributed by atoms with Gasteiger partial charge in [-0.25, -0.2) is 0 Å². The molecule has 1 aromatic carbocycles. The van der Waals surface area contributed by atoms with Crippen LogP contribution in [0.15, 0.2) is 30.3 Å². The first-order valence-electron chi connectivity index (χ1n) is 12.6. The molecule has 0 unspecified atom stereocenters. The van der Waals surface area contributed by atoms with Crippen molar-refractivity contribution in [3.05, 3.63) is 35.9 Å². The molecule has 0 saturated heterocycles. The number of benzene rings is 1. The quantitative estimate of drug-likeness (QED) is 0.398. The number of allylic oxidation sites excluding steroid dienone is 2. The van der Waals surface area contributed by atoms with Crippen LogP contribution >= 0.6 is 0 Å². The largest absolute Gasteiger partial charge is 0.544 e. The van der Waals surface area contributed by atoms with E-state index in [1.165, 1.54) is 30.4 Å². The van der Waals surface area contributed by atoms with Gasteiger partial charge in [0.2, 0.25) is 8.32 Å². The van der Waals surface area contributed by atoms with Gasteiger partial charge >= 0.3 is 0 Å². The SMILES string of the molecule is CC(C)(C)[Si](C)(C)Oc1ccc(C2=CC[C@@]3(C)[C@@H](CC[C@@H]3O[Si](C)(C)C(C)(C)C)C2)cc1. The Balaban J connectivity index is 1.72. The molecule has 2 nitrogen and oxygen atoms in total. The van der Waals surface area contributed by atoms with Crippen LogP contribution < -0.4 is 4.43 Å². The van der Waals surface area contributed by atoms with Crippen LogP contribution in [0.3, 0.4) is 0 Å². The van der Waals surface area contributed by atoms with Crippen molar-refractivity contribution in [2.24, 2.45) is 11.3 Å². The highest BCUT2D eigenvalue weighted by molar-refractivity contribution is 6.75. The third-order valence-corrected chi connectivity index (χ3v) is 18.2. The minimum Gasteiger partial charge on any atom is -0.544 e. The molecule has 32 heavy (non-hydrogen) atoms. The smallest absolute Gasteiger partial charge is 0.250 e. The van der Waals surface area contributed by atoms with Crippen LogP contribution in [0.1, 0.15) is 79.7 Å². The van der Waals surface area contributed by atoms with Crippen LogP contribution in [-0.2, 0) is 4.43 Å². The van der Waals surface area contributed by atoms with Crippen molar-refractivity contribution in [1.82, 2.24) is 0 Å². The van der Waals surface area contributed by atoms with Crippen molar-refractivity contribution in [3.63, 3.8) is 0 Å². The summed E-state index contributed by atoms with van der Waals surface area (Å²) >= 11 is 0. The lowest BCUT2D eigenvalue weighted by molar-refractivity contribution is 0.0487. The summed E-state index contributed by atoms with van der Waals surface area (Å²) in [6.07, 6.45) is 7.73. The molecule has 180 valence electrons. The molecule has 0 bridgehead atoms. The highest BCUT2D eigenvalue weighted by Crippen LogP contribution is 2.55. The van der Waals surface area contributed by atoms with Crippen molar-refractivity contribution in [2.45, 2.75) is 117 Å². The van der Waals surface area contributed by atoms with Crippen LogP contribution in [-0.4, -0.2) is 22.7 Å². The molecule has 1 fully saturated rings. The molecule has 2 aliphatic carbocycles. The summed E-state index contributed by atoms with van der Waals surface area (Å²) in [6.45, 7) is 25.9. The zero-order valence-electron chi connectivity index (χ0n) is 22.7. The molecule has 0 radical (unpaired) electrons. The Morgan fingerprint density at radius 1 is 0.844 bits per heavy atom. The van der Waals surface area contributed by atoms with Gasteiger partial charge in [0.1, 0.15) is 5.75 Å². The lowest BCUT2D eigenvalue weighted by atomic mass is 9.68. The lowest BCUT2D eigenvalue weighted by Crippen LogP contribution is -2.48. The average molecular weight is 473 g/mol. The molecular formula is C28H48O2Si2. The molecule has 0 heterocycles. The molecule has 3 atom stereocenters. The standard InChI is InChI=1S/C28H48O2Si2/c1-26(2,3)31(8,9)29-24-15-12-21(13-16-24)22-18-19-28(7)23(20-22)14-17-25(28)30-32(10,11)27(4,5)6/h12-13,15-16,18,23,25H,14,17,19-20H2,1-11H3/t23-,25-,28-/m0/s1. The van der Waals surface area contributed by atoms with Gasteiger partial charge in [-0.2, -0.15) is 0 Å². The van der Waals surface area contributed by atoms with Crippen LogP contribution in [0.5, 0.6) is 5.75 Å². The molecule has 0 amide bonds. The Kier molecular flexibility index (Phi) is 6.79. The Labute approximate surface area is 200 Å². The monoisotopic (exact) mass is 472 g/mol. The first-order chi connectivity index (χ1) is 14.5. The van der Waals surface area contributed by atoms with Crippen LogP contribution in [0, 0.1) is 11.3 Å². The van der Waals surface area contributed by atoms with Gasteiger partial charge in [-0.15, -0.1) is 0 Å². The average Bonchev–Trinajstić information content (AvgIpc) is 2.95. The second kappa shape index (κ2) is 8.43. The normalized spacial score (nSPS) is 27.2. The van der Waals surface area contributed by atoms with E-state index in [9.17, 15) is 0 Å². The molecule has 1 aromatic rings.